The van der Waals surface area contributed by atoms with Crippen LogP contribution in [0.25, 0.3) is 0 Å². The van der Waals surface area contributed by atoms with Crippen molar-refractivity contribution in [1.82, 2.24) is 25.6 Å². The monoisotopic (exact) mass is 484 g/mol. The quantitative estimate of drug-likeness (QED) is 0.408. The number of amides is 3. The van der Waals surface area contributed by atoms with Crippen LogP contribution in [0.1, 0.15) is 27.8 Å². The smallest absolute Gasteiger partial charge is 0.267 e. The van der Waals surface area contributed by atoms with E-state index >= 15 is 0 Å². The van der Waals surface area contributed by atoms with Gasteiger partial charge in [0, 0.05) is 12.2 Å². The van der Waals surface area contributed by atoms with Crippen molar-refractivity contribution >= 4 is 55.5 Å². The van der Waals surface area contributed by atoms with Gasteiger partial charge in [-0.15, -0.1) is 0 Å². The molecule has 6 N–H and O–H groups in total. The molecular formula is C15H14Br2N6O3. The Bertz CT molecular complexity index is 916. The zero-order chi connectivity index (χ0) is 18.6. The van der Waals surface area contributed by atoms with E-state index in [9.17, 15) is 14.4 Å². The Morgan fingerprint density at radius 1 is 1.31 bits per heavy atom. The lowest BCUT2D eigenvalue weighted by Gasteiger charge is -2.29. The predicted octanol–water partition coefficient (Wildman–Crippen LogP) is 0.804. The number of hydrogen-bond donors (Lipinski definition) is 5. The van der Waals surface area contributed by atoms with E-state index < -0.39 is 11.8 Å². The average molecular weight is 486 g/mol. The molecule has 3 heterocycles. The van der Waals surface area contributed by atoms with Gasteiger partial charge >= 0.3 is 0 Å². The second kappa shape index (κ2) is 6.23. The van der Waals surface area contributed by atoms with Gasteiger partial charge in [-0.3, -0.25) is 19.7 Å². The number of H-pyrrole nitrogens is 2. The maximum Gasteiger partial charge on any atom is 0.267 e. The number of nitrogens with zero attached hydrogens (tertiary/aromatic N) is 1. The maximum atomic E-state index is 12.3. The van der Waals surface area contributed by atoms with Crippen LogP contribution in [0.2, 0.25) is 0 Å². The fraction of sp³-hybridized carbons (Fsp3) is 0.333. The van der Waals surface area contributed by atoms with E-state index in [0.717, 1.165) is 10.2 Å². The lowest BCUT2D eigenvalue weighted by atomic mass is 9.73. The van der Waals surface area contributed by atoms with E-state index in [4.69, 9.17) is 5.73 Å². The average Bonchev–Trinajstić information content (AvgIpc) is 3.20. The Hall–Kier alpha value is -2.14. The van der Waals surface area contributed by atoms with Crippen LogP contribution in [0.4, 0.5) is 5.95 Å². The summed E-state index contributed by atoms with van der Waals surface area (Å²) >= 11 is 6.60. The zero-order valence-electron chi connectivity index (χ0n) is 13.2. The first-order chi connectivity index (χ1) is 12.3. The van der Waals surface area contributed by atoms with Crippen LogP contribution in [-0.2, 0) is 16.0 Å². The highest BCUT2D eigenvalue weighted by Crippen LogP contribution is 2.42. The van der Waals surface area contributed by atoms with Gasteiger partial charge in [-0.05, 0) is 50.3 Å². The van der Waals surface area contributed by atoms with Gasteiger partial charge in [0.2, 0.25) is 11.8 Å². The molecule has 3 atom stereocenters. The number of nitrogens with one attached hydrogen (secondary N) is 4. The number of carbonyl (C=O) groups excluding carboxylic acids is 3. The number of imide groups is 1. The summed E-state index contributed by atoms with van der Waals surface area (Å²) in [4.78, 5) is 46.9. The van der Waals surface area contributed by atoms with E-state index in [0.29, 0.717) is 22.4 Å². The van der Waals surface area contributed by atoms with Gasteiger partial charge in [0.05, 0.1) is 26.6 Å². The molecule has 1 fully saturated rings. The van der Waals surface area contributed by atoms with Crippen molar-refractivity contribution in [3.05, 3.63) is 32.2 Å². The highest BCUT2D eigenvalue weighted by Gasteiger charge is 2.51. The molecule has 0 saturated carbocycles. The van der Waals surface area contributed by atoms with Crippen molar-refractivity contribution in [2.75, 3.05) is 12.3 Å². The molecule has 1 aliphatic heterocycles. The molecule has 3 amide bonds. The summed E-state index contributed by atoms with van der Waals surface area (Å²) in [6, 6.07) is 1.66. The fourth-order valence-electron chi connectivity index (χ4n) is 3.67. The summed E-state index contributed by atoms with van der Waals surface area (Å²) < 4.78 is 1.40. The minimum Gasteiger partial charge on any atom is -0.369 e. The number of nitrogen functional groups attached to an aromatic ring is 1. The lowest BCUT2D eigenvalue weighted by molar-refractivity contribution is -0.126. The highest BCUT2D eigenvalue weighted by molar-refractivity contribution is 9.13. The normalized spacial score (nSPS) is 24.2. The van der Waals surface area contributed by atoms with Gasteiger partial charge in [0.15, 0.2) is 5.95 Å². The Balaban J connectivity index is 1.55. The molecule has 2 aliphatic rings. The number of hydrogen-bond acceptors (Lipinski definition) is 5. The number of rotatable bonds is 3. The van der Waals surface area contributed by atoms with Gasteiger partial charge in [-0.2, -0.15) is 0 Å². The summed E-state index contributed by atoms with van der Waals surface area (Å²) in [6.07, 6.45) is 0.472. The summed E-state index contributed by atoms with van der Waals surface area (Å²) in [6.45, 7) is 0.243. The van der Waals surface area contributed by atoms with Crippen LogP contribution in [-0.4, -0.2) is 39.2 Å². The van der Waals surface area contributed by atoms with Gasteiger partial charge in [0.25, 0.3) is 5.91 Å². The Labute approximate surface area is 164 Å². The van der Waals surface area contributed by atoms with Crippen LogP contribution in [0.5, 0.6) is 0 Å². The van der Waals surface area contributed by atoms with Crippen molar-refractivity contribution in [2.45, 2.75) is 12.3 Å². The number of carbonyl (C=O) groups is 3. The molecule has 2 aromatic heterocycles. The molecule has 0 unspecified atom stereocenters. The number of nitrogens with two attached hydrogens (primary N) is 1. The van der Waals surface area contributed by atoms with Crippen molar-refractivity contribution in [3.8, 4) is 0 Å². The number of aromatic nitrogens is 3. The topological polar surface area (TPSA) is 146 Å². The van der Waals surface area contributed by atoms with E-state index in [-0.39, 0.29) is 36.1 Å². The van der Waals surface area contributed by atoms with Gasteiger partial charge < -0.3 is 21.0 Å². The Morgan fingerprint density at radius 2 is 2.08 bits per heavy atom. The summed E-state index contributed by atoms with van der Waals surface area (Å²) in [5.41, 5.74) is 7.36. The second-order valence-electron chi connectivity index (χ2n) is 6.36. The third kappa shape index (κ3) is 2.75. The molecule has 1 saturated heterocycles. The van der Waals surface area contributed by atoms with E-state index in [1.165, 1.54) is 0 Å². The van der Waals surface area contributed by atoms with Crippen molar-refractivity contribution < 1.29 is 14.4 Å². The fourth-order valence-corrected chi connectivity index (χ4v) is 4.32. The molecular weight excluding hydrogens is 472 g/mol. The van der Waals surface area contributed by atoms with Crippen LogP contribution >= 0.6 is 31.9 Å². The van der Waals surface area contributed by atoms with Gasteiger partial charge in [0.1, 0.15) is 5.69 Å². The lowest BCUT2D eigenvalue weighted by Crippen LogP contribution is -2.40. The van der Waals surface area contributed by atoms with Gasteiger partial charge in [-0.1, -0.05) is 0 Å². The first kappa shape index (κ1) is 17.3. The number of fused-ring (bicyclic) bond motifs is 3. The molecule has 0 radical (unpaired) electrons. The largest absolute Gasteiger partial charge is 0.369 e. The Morgan fingerprint density at radius 3 is 2.77 bits per heavy atom. The number of halogens is 2. The molecule has 9 nitrogen and oxygen atoms in total. The van der Waals surface area contributed by atoms with Crippen LogP contribution in [0, 0.1) is 11.8 Å². The summed E-state index contributed by atoms with van der Waals surface area (Å²) in [7, 11) is 0. The number of imidazole rings is 1. The van der Waals surface area contributed by atoms with Crippen LogP contribution in [0.3, 0.4) is 0 Å². The molecule has 26 heavy (non-hydrogen) atoms. The highest BCUT2D eigenvalue weighted by atomic mass is 79.9. The number of aromatic amines is 2. The molecule has 0 bridgehead atoms. The molecule has 4 rings (SSSR count). The SMILES string of the molecule is Nc1nc2c([nH]1)C[C@H](CNC(=O)c1cc(Br)c(Br)[nH]1)[C@@H]1C(=O)NC(=O)[C@H]21. The first-order valence-corrected chi connectivity index (χ1v) is 9.45. The summed E-state index contributed by atoms with van der Waals surface area (Å²) in [5, 5.41) is 5.19. The molecule has 1 aliphatic carbocycles. The standard InChI is InChI=1S/C15H14Br2N6O3/c16-5-2-7(20-11(5)17)12(24)19-3-4-1-6-10(22-15(18)21-6)9-8(4)13(25)23-14(9)26/h2,4,8-9,20H,1,3H2,(H,19,24)(H3,18,21,22)(H,23,25,26)/t4-,8+,9+/m1/s1. The molecule has 136 valence electrons. The predicted molar refractivity (Wildman–Crippen MR) is 98.1 cm³/mol. The van der Waals surface area contributed by atoms with E-state index in [2.05, 4.69) is 57.4 Å². The number of anilines is 1. The molecule has 0 spiro atoms. The Kier molecular flexibility index (Phi) is 4.14. The zero-order valence-corrected chi connectivity index (χ0v) is 16.4. The minimum atomic E-state index is -0.671. The minimum absolute atomic E-state index is 0.215. The molecule has 0 aromatic carbocycles. The van der Waals surface area contributed by atoms with Crippen LogP contribution in [0.15, 0.2) is 15.1 Å². The molecule has 2 aromatic rings. The second-order valence-corrected chi connectivity index (χ2v) is 8.01. The van der Waals surface area contributed by atoms with Crippen molar-refractivity contribution in [1.29, 1.82) is 0 Å². The van der Waals surface area contributed by atoms with E-state index in [1.807, 2.05) is 0 Å². The first-order valence-electron chi connectivity index (χ1n) is 7.86. The van der Waals surface area contributed by atoms with E-state index in [1.54, 1.807) is 6.07 Å². The summed E-state index contributed by atoms with van der Waals surface area (Å²) in [5.74, 6) is -2.28. The third-order valence-electron chi connectivity index (χ3n) is 4.78. The maximum absolute atomic E-state index is 12.3. The van der Waals surface area contributed by atoms with Gasteiger partial charge in [-0.25, -0.2) is 4.98 Å². The van der Waals surface area contributed by atoms with Crippen molar-refractivity contribution in [3.63, 3.8) is 0 Å². The molecule has 11 heteroatoms. The third-order valence-corrected chi connectivity index (χ3v) is 6.57. The van der Waals surface area contributed by atoms with Crippen molar-refractivity contribution in [2.24, 2.45) is 11.8 Å². The van der Waals surface area contributed by atoms with Crippen LogP contribution < -0.4 is 16.4 Å².